The zero-order valence-corrected chi connectivity index (χ0v) is 13.5. The number of benzene rings is 1. The van der Waals surface area contributed by atoms with Crippen molar-refractivity contribution in [2.24, 2.45) is 0 Å². The van der Waals surface area contributed by atoms with Crippen LogP contribution in [0.5, 0.6) is 0 Å². The van der Waals surface area contributed by atoms with E-state index in [0.717, 1.165) is 0 Å². The molecule has 104 valence electrons. The second kappa shape index (κ2) is 6.52. The van der Waals surface area contributed by atoms with Crippen LogP contribution in [0, 0.1) is 0 Å². The average Bonchev–Trinajstić information content (AvgIpc) is 2.38. The summed E-state index contributed by atoms with van der Waals surface area (Å²) in [6.07, 6.45) is 1.46. The number of hydrogen-bond donors (Lipinski definition) is 0. The molecule has 0 aliphatic carbocycles. The van der Waals surface area contributed by atoms with Crippen LogP contribution >= 0.6 is 39.1 Å². The molecule has 1 heterocycles. The van der Waals surface area contributed by atoms with Crippen LogP contribution in [0.1, 0.15) is 17.3 Å². The fraction of sp³-hybridized carbons (Fsp3) is 0.154. The average molecular weight is 376 g/mol. The van der Waals surface area contributed by atoms with Gasteiger partial charge in [0.25, 0.3) is 0 Å². The van der Waals surface area contributed by atoms with Gasteiger partial charge in [-0.15, -0.1) is 5.10 Å². The highest BCUT2D eigenvalue weighted by molar-refractivity contribution is 9.10. The number of rotatable bonds is 3. The van der Waals surface area contributed by atoms with Gasteiger partial charge in [0.05, 0.1) is 12.8 Å². The van der Waals surface area contributed by atoms with E-state index in [1.54, 1.807) is 25.1 Å². The molecule has 0 spiro atoms. The SMILES string of the molecule is CCOC(=O)c1c(-c2ccc(Cl)cc2Cl)cnnc1Br. The number of aromatic nitrogens is 2. The zero-order valence-electron chi connectivity index (χ0n) is 10.4. The van der Waals surface area contributed by atoms with Gasteiger partial charge in [0.2, 0.25) is 0 Å². The number of halogens is 3. The van der Waals surface area contributed by atoms with Crippen LogP contribution in [0.15, 0.2) is 29.0 Å². The number of esters is 1. The molecule has 0 radical (unpaired) electrons. The predicted molar refractivity (Wildman–Crippen MR) is 81.1 cm³/mol. The summed E-state index contributed by atoms with van der Waals surface area (Å²) in [5, 5.41) is 8.57. The molecule has 0 saturated heterocycles. The first-order chi connectivity index (χ1) is 9.54. The van der Waals surface area contributed by atoms with Crippen molar-refractivity contribution < 1.29 is 9.53 Å². The summed E-state index contributed by atoms with van der Waals surface area (Å²) >= 11 is 15.3. The smallest absolute Gasteiger partial charge is 0.341 e. The standard InChI is InChI=1S/C13H9BrCl2N2O2/c1-2-20-13(19)11-9(6-17-18-12(11)14)8-4-3-7(15)5-10(8)16/h3-6H,2H2,1H3. The van der Waals surface area contributed by atoms with Gasteiger partial charge in [0.1, 0.15) is 10.2 Å². The number of ether oxygens (including phenoxy) is 1. The van der Waals surface area contributed by atoms with E-state index in [1.165, 1.54) is 6.20 Å². The topological polar surface area (TPSA) is 52.1 Å². The van der Waals surface area contributed by atoms with Gasteiger partial charge in [-0.25, -0.2) is 4.79 Å². The lowest BCUT2D eigenvalue weighted by Gasteiger charge is -2.11. The van der Waals surface area contributed by atoms with Gasteiger partial charge < -0.3 is 4.74 Å². The van der Waals surface area contributed by atoms with Crippen LogP contribution in [0.2, 0.25) is 10.0 Å². The predicted octanol–water partition coefficient (Wildman–Crippen LogP) is 4.39. The maximum absolute atomic E-state index is 12.0. The van der Waals surface area contributed by atoms with E-state index in [9.17, 15) is 4.79 Å². The Balaban J connectivity index is 2.62. The molecule has 0 aliphatic heterocycles. The minimum absolute atomic E-state index is 0.265. The van der Waals surface area contributed by atoms with Crippen LogP contribution in [0.25, 0.3) is 11.1 Å². The molecule has 0 unspecified atom stereocenters. The number of carbonyl (C=O) groups is 1. The quantitative estimate of drug-likeness (QED) is 0.746. The molecular formula is C13H9BrCl2N2O2. The highest BCUT2D eigenvalue weighted by Gasteiger charge is 2.20. The molecule has 0 bridgehead atoms. The van der Waals surface area contributed by atoms with E-state index < -0.39 is 5.97 Å². The van der Waals surface area contributed by atoms with Crippen molar-refractivity contribution in [3.05, 3.63) is 44.6 Å². The Labute approximate surface area is 134 Å². The molecule has 20 heavy (non-hydrogen) atoms. The third kappa shape index (κ3) is 3.11. The highest BCUT2D eigenvalue weighted by atomic mass is 79.9. The first-order valence-corrected chi connectivity index (χ1v) is 7.23. The Hall–Kier alpha value is -1.17. The van der Waals surface area contributed by atoms with Crippen molar-refractivity contribution in [1.82, 2.24) is 10.2 Å². The van der Waals surface area contributed by atoms with E-state index in [2.05, 4.69) is 26.1 Å². The van der Waals surface area contributed by atoms with Crippen molar-refractivity contribution in [1.29, 1.82) is 0 Å². The molecule has 0 fully saturated rings. The molecule has 0 atom stereocenters. The van der Waals surface area contributed by atoms with E-state index in [4.69, 9.17) is 27.9 Å². The number of carbonyl (C=O) groups excluding carboxylic acids is 1. The maximum atomic E-state index is 12.0. The van der Waals surface area contributed by atoms with Crippen LogP contribution < -0.4 is 0 Å². The monoisotopic (exact) mass is 374 g/mol. The van der Waals surface area contributed by atoms with E-state index in [1.807, 2.05) is 0 Å². The summed E-state index contributed by atoms with van der Waals surface area (Å²) < 4.78 is 5.33. The Kier molecular flexibility index (Phi) is 4.96. The minimum atomic E-state index is -0.490. The Morgan fingerprint density at radius 1 is 1.35 bits per heavy atom. The van der Waals surface area contributed by atoms with Crippen LogP contribution in [0.3, 0.4) is 0 Å². The molecule has 1 aromatic heterocycles. The van der Waals surface area contributed by atoms with Crippen molar-refractivity contribution in [3.63, 3.8) is 0 Å². The summed E-state index contributed by atoms with van der Waals surface area (Å²) in [5.74, 6) is -0.490. The van der Waals surface area contributed by atoms with Gasteiger partial charge in [-0.3, -0.25) is 0 Å². The minimum Gasteiger partial charge on any atom is -0.462 e. The van der Waals surface area contributed by atoms with Gasteiger partial charge in [0, 0.05) is 21.2 Å². The fourth-order valence-corrected chi connectivity index (χ4v) is 2.65. The lowest BCUT2D eigenvalue weighted by molar-refractivity contribution is 0.0525. The second-order valence-corrected chi connectivity index (χ2v) is 5.36. The van der Waals surface area contributed by atoms with Crippen molar-refractivity contribution in [2.75, 3.05) is 6.61 Å². The summed E-state index contributed by atoms with van der Waals surface area (Å²) in [6, 6.07) is 5.00. The van der Waals surface area contributed by atoms with Crippen LogP contribution in [-0.2, 0) is 4.74 Å². The number of nitrogens with zero attached hydrogens (tertiary/aromatic N) is 2. The summed E-state index contributed by atoms with van der Waals surface area (Å²) in [7, 11) is 0. The molecule has 7 heteroatoms. The molecule has 2 aromatic rings. The van der Waals surface area contributed by atoms with E-state index in [-0.39, 0.29) is 12.2 Å². The van der Waals surface area contributed by atoms with Gasteiger partial charge in [-0.05, 0) is 35.0 Å². The van der Waals surface area contributed by atoms with Crippen molar-refractivity contribution in [3.8, 4) is 11.1 Å². The normalized spacial score (nSPS) is 10.4. The Bertz CT molecular complexity index is 665. The Morgan fingerprint density at radius 2 is 2.10 bits per heavy atom. The zero-order chi connectivity index (χ0) is 14.7. The summed E-state index contributed by atoms with van der Waals surface area (Å²) in [4.78, 5) is 12.0. The van der Waals surface area contributed by atoms with Gasteiger partial charge >= 0.3 is 5.97 Å². The lowest BCUT2D eigenvalue weighted by atomic mass is 10.0. The third-order valence-corrected chi connectivity index (χ3v) is 3.61. The van der Waals surface area contributed by atoms with Crippen molar-refractivity contribution >= 4 is 45.1 Å². The highest BCUT2D eigenvalue weighted by Crippen LogP contribution is 2.34. The largest absolute Gasteiger partial charge is 0.462 e. The maximum Gasteiger partial charge on any atom is 0.341 e. The molecule has 4 nitrogen and oxygen atoms in total. The molecule has 0 aliphatic rings. The Morgan fingerprint density at radius 3 is 2.75 bits per heavy atom. The molecule has 0 amide bonds. The second-order valence-electron chi connectivity index (χ2n) is 3.77. The van der Waals surface area contributed by atoms with Crippen LogP contribution in [-0.4, -0.2) is 22.8 Å². The summed E-state index contributed by atoms with van der Waals surface area (Å²) in [6.45, 7) is 2.00. The van der Waals surface area contributed by atoms with E-state index in [0.29, 0.717) is 25.8 Å². The fourth-order valence-electron chi connectivity index (χ4n) is 1.67. The first-order valence-electron chi connectivity index (χ1n) is 5.68. The van der Waals surface area contributed by atoms with Crippen LogP contribution in [0.4, 0.5) is 0 Å². The first kappa shape index (κ1) is 15.2. The summed E-state index contributed by atoms with van der Waals surface area (Å²) in [5.41, 5.74) is 1.45. The van der Waals surface area contributed by atoms with Gasteiger partial charge in [-0.2, -0.15) is 5.10 Å². The van der Waals surface area contributed by atoms with Crippen molar-refractivity contribution in [2.45, 2.75) is 6.92 Å². The molecule has 1 aromatic carbocycles. The van der Waals surface area contributed by atoms with Gasteiger partial charge in [-0.1, -0.05) is 29.3 Å². The number of hydrogen-bond acceptors (Lipinski definition) is 4. The van der Waals surface area contributed by atoms with E-state index >= 15 is 0 Å². The molecule has 2 rings (SSSR count). The molecular weight excluding hydrogens is 367 g/mol. The molecule has 0 saturated carbocycles. The lowest BCUT2D eigenvalue weighted by Crippen LogP contribution is -2.09. The molecule has 0 N–H and O–H groups in total. The van der Waals surface area contributed by atoms with Gasteiger partial charge in [0.15, 0.2) is 0 Å². The third-order valence-electron chi connectivity index (χ3n) is 2.51.